The molecule has 0 spiro atoms. The molecule has 2 aromatic rings. The fraction of sp³-hybridized carbons (Fsp3) is 0.467. The van der Waals surface area contributed by atoms with E-state index in [2.05, 4.69) is 9.88 Å². The summed E-state index contributed by atoms with van der Waals surface area (Å²) in [5.41, 5.74) is -0.0948. The molecule has 0 N–H and O–H groups in total. The Balaban J connectivity index is 2.08. The zero-order valence-corrected chi connectivity index (χ0v) is 12.1. The van der Waals surface area contributed by atoms with E-state index in [-0.39, 0.29) is 23.2 Å². The third kappa shape index (κ3) is 2.45. The highest BCUT2D eigenvalue weighted by atomic mass is 19.1. The second-order valence-electron chi connectivity index (χ2n) is 5.38. The number of para-hydroxylation sites is 1. The first-order valence-electron chi connectivity index (χ1n) is 7.07. The molecule has 6 heteroatoms. The average Bonchev–Trinajstić information content (AvgIpc) is 2.81. The van der Waals surface area contributed by atoms with Crippen LogP contribution in [-0.4, -0.2) is 47.3 Å². The van der Waals surface area contributed by atoms with Crippen molar-refractivity contribution in [3.8, 4) is 0 Å². The van der Waals surface area contributed by atoms with E-state index in [1.807, 2.05) is 14.0 Å². The Morgan fingerprint density at radius 3 is 3.00 bits per heavy atom. The van der Waals surface area contributed by atoms with E-state index in [4.69, 9.17) is 4.74 Å². The average molecular weight is 291 g/mol. The third-order valence-corrected chi connectivity index (χ3v) is 3.92. The minimum absolute atomic E-state index is 0.0505. The summed E-state index contributed by atoms with van der Waals surface area (Å²) in [6, 6.07) is 4.36. The molecule has 1 saturated heterocycles. The molecule has 2 heterocycles. The zero-order chi connectivity index (χ0) is 15.0. The summed E-state index contributed by atoms with van der Waals surface area (Å²) in [5, 5.41) is 0.308. The molecule has 0 radical (unpaired) electrons. The van der Waals surface area contributed by atoms with Crippen molar-refractivity contribution in [2.75, 3.05) is 26.7 Å². The van der Waals surface area contributed by atoms with Gasteiger partial charge >= 0.3 is 0 Å². The molecule has 1 fully saturated rings. The predicted molar refractivity (Wildman–Crippen MR) is 77.9 cm³/mol. The third-order valence-electron chi connectivity index (χ3n) is 3.92. The number of hydrogen-bond donors (Lipinski definition) is 0. The molecule has 3 rings (SSSR count). The number of likely N-dealkylation sites (N-methyl/N-ethyl adjacent to an activating group) is 1. The molecule has 0 unspecified atom stereocenters. The van der Waals surface area contributed by atoms with Crippen molar-refractivity contribution in [1.82, 2.24) is 14.5 Å². The van der Waals surface area contributed by atoms with Crippen molar-refractivity contribution in [1.29, 1.82) is 0 Å². The highest BCUT2D eigenvalue weighted by Crippen LogP contribution is 2.23. The van der Waals surface area contributed by atoms with Crippen molar-refractivity contribution < 1.29 is 9.13 Å². The molecular weight excluding hydrogens is 273 g/mol. The Hall–Kier alpha value is -1.79. The number of rotatable bonds is 3. The molecule has 5 nitrogen and oxygen atoms in total. The van der Waals surface area contributed by atoms with Crippen LogP contribution >= 0.6 is 0 Å². The van der Waals surface area contributed by atoms with Crippen LogP contribution in [0.15, 0.2) is 29.3 Å². The maximum atomic E-state index is 13.7. The fourth-order valence-electron chi connectivity index (χ4n) is 2.95. The molecular formula is C15H18FN3O2. The smallest absolute Gasteiger partial charge is 0.261 e. The van der Waals surface area contributed by atoms with E-state index in [0.29, 0.717) is 18.5 Å². The lowest BCUT2D eigenvalue weighted by Crippen LogP contribution is -2.33. The Bertz CT molecular complexity index is 716. The SMILES string of the molecule is CCO[C@H]1CN(C)C[C@@H]1n1cnc2c(F)cccc2c1=O. The van der Waals surface area contributed by atoms with Gasteiger partial charge in [0, 0.05) is 19.7 Å². The van der Waals surface area contributed by atoms with Crippen LogP contribution in [0, 0.1) is 5.82 Å². The van der Waals surface area contributed by atoms with Gasteiger partial charge in [0.05, 0.1) is 23.9 Å². The number of benzene rings is 1. The molecule has 0 bridgehead atoms. The Morgan fingerprint density at radius 2 is 2.24 bits per heavy atom. The van der Waals surface area contributed by atoms with Crippen LogP contribution in [0.1, 0.15) is 13.0 Å². The van der Waals surface area contributed by atoms with Crippen molar-refractivity contribution in [2.45, 2.75) is 19.1 Å². The lowest BCUT2D eigenvalue weighted by atomic mass is 10.2. The van der Waals surface area contributed by atoms with E-state index in [1.165, 1.54) is 18.5 Å². The second-order valence-corrected chi connectivity index (χ2v) is 5.38. The first kappa shape index (κ1) is 14.2. The summed E-state index contributed by atoms with van der Waals surface area (Å²) in [5.74, 6) is -0.471. The summed E-state index contributed by atoms with van der Waals surface area (Å²) in [7, 11) is 1.99. The number of aromatic nitrogens is 2. The maximum absolute atomic E-state index is 13.7. The summed E-state index contributed by atoms with van der Waals surface area (Å²) in [4.78, 5) is 18.8. The van der Waals surface area contributed by atoms with Gasteiger partial charge in [-0.15, -0.1) is 0 Å². The summed E-state index contributed by atoms with van der Waals surface area (Å²) in [6.07, 6.45) is 1.38. The molecule has 1 aliphatic rings. The van der Waals surface area contributed by atoms with E-state index in [0.717, 1.165) is 6.54 Å². The van der Waals surface area contributed by atoms with Crippen LogP contribution in [0.5, 0.6) is 0 Å². The number of hydrogen-bond acceptors (Lipinski definition) is 4. The van der Waals surface area contributed by atoms with Crippen molar-refractivity contribution in [2.24, 2.45) is 0 Å². The van der Waals surface area contributed by atoms with Gasteiger partial charge in [-0.3, -0.25) is 9.36 Å². The minimum atomic E-state index is -0.471. The number of nitrogens with zero attached hydrogens (tertiary/aromatic N) is 3. The Labute approximate surface area is 122 Å². The molecule has 112 valence electrons. The highest BCUT2D eigenvalue weighted by molar-refractivity contribution is 5.77. The molecule has 1 aromatic heterocycles. The van der Waals surface area contributed by atoms with Crippen molar-refractivity contribution in [3.05, 3.63) is 40.7 Å². The van der Waals surface area contributed by atoms with Crippen LogP contribution < -0.4 is 5.56 Å². The topological polar surface area (TPSA) is 47.4 Å². The van der Waals surface area contributed by atoms with E-state index < -0.39 is 5.82 Å². The molecule has 1 aromatic carbocycles. The molecule has 1 aliphatic heterocycles. The van der Waals surface area contributed by atoms with Gasteiger partial charge in [0.15, 0.2) is 0 Å². The molecule has 0 saturated carbocycles. The summed E-state index contributed by atoms with van der Waals surface area (Å²) >= 11 is 0. The summed E-state index contributed by atoms with van der Waals surface area (Å²) < 4.78 is 21.0. The van der Waals surface area contributed by atoms with Crippen LogP contribution in [0.3, 0.4) is 0 Å². The Kier molecular flexibility index (Phi) is 3.73. The molecule has 0 aliphatic carbocycles. The van der Waals surface area contributed by atoms with Gasteiger partial charge in [-0.05, 0) is 26.1 Å². The number of likely N-dealkylation sites (tertiary alicyclic amines) is 1. The molecule has 0 amide bonds. The molecule has 2 atom stereocenters. The number of ether oxygens (including phenoxy) is 1. The van der Waals surface area contributed by atoms with E-state index in [1.54, 1.807) is 10.6 Å². The second kappa shape index (κ2) is 5.54. The van der Waals surface area contributed by atoms with Gasteiger partial charge in [0.1, 0.15) is 11.3 Å². The fourth-order valence-corrected chi connectivity index (χ4v) is 2.95. The monoisotopic (exact) mass is 291 g/mol. The lowest BCUT2D eigenvalue weighted by molar-refractivity contribution is 0.0459. The van der Waals surface area contributed by atoms with Crippen LogP contribution in [0.4, 0.5) is 4.39 Å². The largest absolute Gasteiger partial charge is 0.375 e. The summed E-state index contributed by atoms with van der Waals surface area (Å²) in [6.45, 7) is 4.02. The highest BCUT2D eigenvalue weighted by Gasteiger charge is 2.33. The maximum Gasteiger partial charge on any atom is 0.261 e. The van der Waals surface area contributed by atoms with Gasteiger partial charge in [0.25, 0.3) is 5.56 Å². The van der Waals surface area contributed by atoms with E-state index in [9.17, 15) is 9.18 Å². The van der Waals surface area contributed by atoms with Gasteiger partial charge in [-0.1, -0.05) is 6.07 Å². The van der Waals surface area contributed by atoms with Crippen molar-refractivity contribution in [3.63, 3.8) is 0 Å². The molecule has 21 heavy (non-hydrogen) atoms. The normalized spacial score (nSPS) is 23.0. The van der Waals surface area contributed by atoms with Crippen LogP contribution in [0.2, 0.25) is 0 Å². The van der Waals surface area contributed by atoms with Gasteiger partial charge in [-0.2, -0.15) is 0 Å². The number of fused-ring (bicyclic) bond motifs is 1. The Morgan fingerprint density at radius 1 is 1.43 bits per heavy atom. The van der Waals surface area contributed by atoms with Crippen LogP contribution in [-0.2, 0) is 4.74 Å². The lowest BCUT2D eigenvalue weighted by Gasteiger charge is -2.20. The van der Waals surface area contributed by atoms with Gasteiger partial charge < -0.3 is 9.64 Å². The minimum Gasteiger partial charge on any atom is -0.375 e. The van der Waals surface area contributed by atoms with Crippen LogP contribution in [0.25, 0.3) is 10.9 Å². The predicted octanol–water partition coefficient (Wildman–Crippen LogP) is 1.43. The van der Waals surface area contributed by atoms with Gasteiger partial charge in [-0.25, -0.2) is 9.37 Å². The quantitative estimate of drug-likeness (QED) is 0.858. The zero-order valence-electron chi connectivity index (χ0n) is 12.1. The van der Waals surface area contributed by atoms with E-state index >= 15 is 0 Å². The van der Waals surface area contributed by atoms with Crippen molar-refractivity contribution >= 4 is 10.9 Å². The van der Waals surface area contributed by atoms with Gasteiger partial charge in [0.2, 0.25) is 0 Å². The number of halogens is 1. The first-order valence-corrected chi connectivity index (χ1v) is 7.07. The first-order chi connectivity index (χ1) is 10.1. The standard InChI is InChI=1S/C15H18FN3O2/c1-3-21-13-8-18(2)7-12(13)19-9-17-14-10(15(19)20)5-4-6-11(14)16/h4-6,9,12-13H,3,7-8H2,1-2H3/t12-,13-/m0/s1.